The van der Waals surface area contributed by atoms with Crippen LogP contribution in [0, 0.1) is 52.3 Å². The van der Waals surface area contributed by atoms with Gasteiger partial charge in [-0.05, 0) is 73.5 Å². The molecule has 2 saturated heterocycles. The number of carbonyl (C=O) groups is 1. The van der Waals surface area contributed by atoms with Gasteiger partial charge in [-0.2, -0.15) is 0 Å². The Hall–Kier alpha value is -0.490. The summed E-state index contributed by atoms with van der Waals surface area (Å²) in [5.41, 5.74) is -0.194. The molecule has 0 amide bonds. The third kappa shape index (κ3) is 2.69. The van der Waals surface area contributed by atoms with Crippen LogP contribution in [0.1, 0.15) is 79.1 Å². The molecule has 0 aromatic rings. The van der Waals surface area contributed by atoms with Crippen molar-refractivity contribution < 1.29 is 24.5 Å². The molecule has 0 aromatic heterocycles. The van der Waals surface area contributed by atoms with Crippen LogP contribution in [-0.4, -0.2) is 46.7 Å². The normalized spacial score (nSPS) is 61.8. The Morgan fingerprint density at radius 2 is 1.81 bits per heavy atom. The molecule has 13 atom stereocenters. The van der Waals surface area contributed by atoms with Gasteiger partial charge in [0.1, 0.15) is 6.10 Å². The van der Waals surface area contributed by atoms with Gasteiger partial charge in [-0.25, -0.2) is 0 Å². The van der Waals surface area contributed by atoms with Crippen LogP contribution in [0.4, 0.5) is 0 Å². The fourth-order valence-electron chi connectivity index (χ4n) is 10.1. The van der Waals surface area contributed by atoms with E-state index >= 15 is 0 Å². The van der Waals surface area contributed by atoms with Crippen molar-refractivity contribution in [2.75, 3.05) is 6.61 Å². The van der Waals surface area contributed by atoms with E-state index < -0.39 is 11.9 Å². The van der Waals surface area contributed by atoms with E-state index in [-0.39, 0.29) is 28.8 Å². The highest BCUT2D eigenvalue weighted by molar-refractivity contribution is 5.84. The van der Waals surface area contributed by atoms with E-state index in [0.29, 0.717) is 54.3 Å². The molecular weight excluding hydrogens is 404 g/mol. The molecule has 5 nitrogen and oxygen atoms in total. The first-order valence-corrected chi connectivity index (χ1v) is 13.3. The van der Waals surface area contributed by atoms with Gasteiger partial charge < -0.3 is 19.7 Å². The minimum Gasteiger partial charge on any atom is -0.393 e. The summed E-state index contributed by atoms with van der Waals surface area (Å²) in [4.78, 5) is 12.3. The van der Waals surface area contributed by atoms with E-state index in [1.165, 1.54) is 0 Å². The smallest absolute Gasteiger partial charge is 0.171 e. The summed E-state index contributed by atoms with van der Waals surface area (Å²) in [6, 6.07) is 0. The summed E-state index contributed by atoms with van der Waals surface area (Å²) in [7, 11) is 0. The van der Waals surface area contributed by atoms with Gasteiger partial charge in [0.15, 0.2) is 11.6 Å². The quantitative estimate of drug-likeness (QED) is 0.589. The van der Waals surface area contributed by atoms with Crippen LogP contribution in [0.15, 0.2) is 0 Å². The zero-order valence-electron chi connectivity index (χ0n) is 20.3. The van der Waals surface area contributed by atoms with Crippen molar-refractivity contribution in [3.8, 4) is 0 Å². The molecule has 6 fully saturated rings. The average molecular weight is 447 g/mol. The zero-order valence-corrected chi connectivity index (χ0v) is 20.3. The zero-order chi connectivity index (χ0) is 22.6. The van der Waals surface area contributed by atoms with Crippen LogP contribution in [0.5, 0.6) is 0 Å². The van der Waals surface area contributed by atoms with Gasteiger partial charge >= 0.3 is 0 Å². The van der Waals surface area contributed by atoms with E-state index in [1.807, 2.05) is 0 Å². The van der Waals surface area contributed by atoms with Gasteiger partial charge in [0, 0.05) is 30.1 Å². The highest BCUT2D eigenvalue weighted by Crippen LogP contribution is 2.71. The lowest BCUT2D eigenvalue weighted by atomic mass is 9.43. The maximum Gasteiger partial charge on any atom is 0.171 e. The molecule has 0 aromatic carbocycles. The highest BCUT2D eigenvalue weighted by atomic mass is 16.7. The average Bonchev–Trinajstić information content (AvgIpc) is 3.19. The molecule has 6 aliphatic rings. The topological polar surface area (TPSA) is 76.0 Å². The SMILES string of the molecule is C[C@@H]1CC[C@@]2(OC1)O[C@H]1C[C@H]3[C@@H]4CC[C@H]5CC(=O)C(O)C[C@]5(C)[C@H]4C[C@@H](O)[C@]3(C)[C@H]1[C@@H]2C. The van der Waals surface area contributed by atoms with Gasteiger partial charge in [0.25, 0.3) is 0 Å². The number of hydrogen-bond acceptors (Lipinski definition) is 5. The lowest BCUT2D eigenvalue weighted by Gasteiger charge is -2.62. The molecule has 1 spiro atoms. The Balaban J connectivity index is 1.30. The number of ether oxygens (including phenoxy) is 2. The van der Waals surface area contributed by atoms with Crippen LogP contribution in [-0.2, 0) is 14.3 Å². The number of carbonyl (C=O) groups excluding carboxylic acids is 1. The molecular formula is C27H42O5. The molecule has 5 heteroatoms. The standard InChI is InChI=1S/C27H42O5/c1-14-7-8-27(31-13-14)15(2)24-22(32-27)10-19-17-6-5-16-9-20(28)21(29)12-25(16,3)18(17)11-23(30)26(19,24)4/h14-19,21-24,29-30H,5-13H2,1-4H3/t14-,15+,16+,17-,18+,19+,21?,22+,23-,24+,25+,26-,27-/m1/s1. The first-order chi connectivity index (χ1) is 15.1. The van der Waals surface area contributed by atoms with Gasteiger partial charge in [-0.1, -0.05) is 27.7 Å². The number of fused-ring (bicyclic) bond motifs is 7. The minimum atomic E-state index is -0.822. The van der Waals surface area contributed by atoms with Crippen LogP contribution in [0.25, 0.3) is 0 Å². The number of Topliss-reactive ketones (excluding diaryl/α,β-unsaturated/α-hetero) is 1. The maximum absolute atomic E-state index is 12.3. The van der Waals surface area contributed by atoms with Crippen molar-refractivity contribution in [3.05, 3.63) is 0 Å². The van der Waals surface area contributed by atoms with E-state index in [1.54, 1.807) is 0 Å². The summed E-state index contributed by atoms with van der Waals surface area (Å²) in [6.45, 7) is 10.00. The number of ketones is 1. The number of aliphatic hydroxyl groups excluding tert-OH is 2. The Kier molecular flexibility index (Phi) is 4.83. The summed E-state index contributed by atoms with van der Waals surface area (Å²) in [5.74, 6) is 2.52. The van der Waals surface area contributed by atoms with Crippen LogP contribution >= 0.6 is 0 Å². The van der Waals surface area contributed by atoms with Gasteiger partial charge in [-0.15, -0.1) is 0 Å². The lowest BCUT2D eigenvalue weighted by molar-refractivity contribution is -0.274. The van der Waals surface area contributed by atoms with Crippen molar-refractivity contribution in [1.29, 1.82) is 0 Å². The molecule has 6 rings (SSSR count). The number of aliphatic hydroxyl groups is 2. The third-order valence-corrected chi connectivity index (χ3v) is 11.9. The molecule has 2 heterocycles. The molecule has 2 aliphatic heterocycles. The van der Waals surface area contributed by atoms with E-state index in [2.05, 4.69) is 27.7 Å². The monoisotopic (exact) mass is 446 g/mol. The number of hydrogen-bond donors (Lipinski definition) is 2. The molecule has 0 bridgehead atoms. The van der Waals surface area contributed by atoms with E-state index in [9.17, 15) is 15.0 Å². The van der Waals surface area contributed by atoms with E-state index in [4.69, 9.17) is 9.47 Å². The Labute approximate surface area is 192 Å². The van der Waals surface area contributed by atoms with Crippen molar-refractivity contribution in [2.45, 2.75) is 103 Å². The van der Waals surface area contributed by atoms with Gasteiger partial charge in [0.2, 0.25) is 0 Å². The van der Waals surface area contributed by atoms with Crippen LogP contribution in [0.3, 0.4) is 0 Å². The molecule has 0 radical (unpaired) electrons. The summed E-state index contributed by atoms with van der Waals surface area (Å²) in [5, 5.41) is 22.2. The largest absolute Gasteiger partial charge is 0.393 e. The third-order valence-electron chi connectivity index (χ3n) is 11.9. The van der Waals surface area contributed by atoms with Crippen molar-refractivity contribution in [3.63, 3.8) is 0 Å². The van der Waals surface area contributed by atoms with E-state index in [0.717, 1.165) is 45.1 Å². The minimum absolute atomic E-state index is 0.0249. The Morgan fingerprint density at radius 1 is 1.03 bits per heavy atom. The molecule has 180 valence electrons. The lowest BCUT2D eigenvalue weighted by Crippen LogP contribution is -2.60. The predicted molar refractivity (Wildman–Crippen MR) is 120 cm³/mol. The Bertz CT molecular complexity index is 789. The van der Waals surface area contributed by atoms with Crippen LogP contribution in [0.2, 0.25) is 0 Å². The summed E-state index contributed by atoms with van der Waals surface area (Å²) < 4.78 is 13.2. The van der Waals surface area contributed by atoms with Gasteiger partial charge in [-0.3, -0.25) is 4.79 Å². The summed E-state index contributed by atoms with van der Waals surface area (Å²) >= 11 is 0. The first-order valence-electron chi connectivity index (χ1n) is 13.3. The molecule has 4 saturated carbocycles. The van der Waals surface area contributed by atoms with Crippen molar-refractivity contribution in [1.82, 2.24) is 0 Å². The van der Waals surface area contributed by atoms with Crippen LogP contribution < -0.4 is 0 Å². The second kappa shape index (κ2) is 7.02. The summed E-state index contributed by atoms with van der Waals surface area (Å²) in [6.07, 6.45) is 6.24. The molecule has 2 N–H and O–H groups in total. The van der Waals surface area contributed by atoms with Crippen molar-refractivity contribution in [2.24, 2.45) is 52.3 Å². The Morgan fingerprint density at radius 3 is 2.53 bits per heavy atom. The highest BCUT2D eigenvalue weighted by Gasteiger charge is 2.71. The maximum atomic E-state index is 12.3. The predicted octanol–water partition coefficient (Wildman–Crippen LogP) is 3.94. The first kappa shape index (κ1) is 22.0. The van der Waals surface area contributed by atoms with Gasteiger partial charge in [0.05, 0.1) is 18.8 Å². The molecule has 4 aliphatic carbocycles. The molecule has 1 unspecified atom stereocenters. The second-order valence-corrected chi connectivity index (χ2v) is 13.1. The molecule has 32 heavy (non-hydrogen) atoms. The second-order valence-electron chi connectivity index (χ2n) is 13.1. The number of rotatable bonds is 0. The fourth-order valence-corrected chi connectivity index (χ4v) is 10.1. The van der Waals surface area contributed by atoms with Crippen molar-refractivity contribution >= 4 is 5.78 Å². The fraction of sp³-hybridized carbons (Fsp3) is 0.963.